The summed E-state index contributed by atoms with van der Waals surface area (Å²) in [6.07, 6.45) is 0. The minimum atomic E-state index is -0.293. The van der Waals surface area contributed by atoms with Crippen molar-refractivity contribution >= 4 is 11.6 Å². The largest absolute Gasteiger partial charge is 0.361 e. The van der Waals surface area contributed by atoms with Gasteiger partial charge in [0.05, 0.1) is 5.69 Å². The SMILES string of the molecule is Cc1ccc(NC(=O)c2c(C)noc2-c2cc(C)on2)cc1. The third-order valence-corrected chi connectivity index (χ3v) is 3.26. The Labute approximate surface area is 127 Å². The van der Waals surface area contributed by atoms with Crippen LogP contribution >= 0.6 is 0 Å². The molecule has 6 nitrogen and oxygen atoms in total. The number of anilines is 1. The number of rotatable bonds is 3. The summed E-state index contributed by atoms with van der Waals surface area (Å²) in [6.45, 7) is 5.47. The molecule has 3 rings (SSSR count). The topological polar surface area (TPSA) is 81.2 Å². The second-order valence-corrected chi connectivity index (χ2v) is 5.12. The molecule has 0 bridgehead atoms. The van der Waals surface area contributed by atoms with Crippen LogP contribution in [0.2, 0.25) is 0 Å². The monoisotopic (exact) mass is 297 g/mol. The fourth-order valence-corrected chi connectivity index (χ4v) is 2.12. The second-order valence-electron chi connectivity index (χ2n) is 5.12. The number of amides is 1. The molecular weight excluding hydrogens is 282 g/mol. The van der Waals surface area contributed by atoms with Crippen molar-refractivity contribution in [2.45, 2.75) is 20.8 Å². The van der Waals surface area contributed by atoms with Crippen molar-refractivity contribution in [2.24, 2.45) is 0 Å². The van der Waals surface area contributed by atoms with Crippen molar-refractivity contribution in [3.63, 3.8) is 0 Å². The van der Waals surface area contributed by atoms with Crippen LogP contribution in [0.25, 0.3) is 11.5 Å². The molecule has 3 aromatic rings. The first-order valence-corrected chi connectivity index (χ1v) is 6.82. The van der Waals surface area contributed by atoms with Crippen LogP contribution in [0.3, 0.4) is 0 Å². The van der Waals surface area contributed by atoms with Gasteiger partial charge in [-0.15, -0.1) is 0 Å². The minimum absolute atomic E-state index is 0.293. The summed E-state index contributed by atoms with van der Waals surface area (Å²) >= 11 is 0. The lowest BCUT2D eigenvalue weighted by Crippen LogP contribution is -2.13. The molecule has 0 fully saturated rings. The van der Waals surface area contributed by atoms with E-state index >= 15 is 0 Å². The van der Waals surface area contributed by atoms with E-state index in [0.29, 0.717) is 34.2 Å². The van der Waals surface area contributed by atoms with Crippen LogP contribution < -0.4 is 5.32 Å². The van der Waals surface area contributed by atoms with E-state index in [9.17, 15) is 4.79 Å². The van der Waals surface area contributed by atoms with E-state index in [1.165, 1.54) is 0 Å². The maximum absolute atomic E-state index is 12.5. The van der Waals surface area contributed by atoms with Gasteiger partial charge in [0.25, 0.3) is 5.91 Å². The van der Waals surface area contributed by atoms with Crippen LogP contribution in [0.5, 0.6) is 0 Å². The Morgan fingerprint density at radius 2 is 1.77 bits per heavy atom. The van der Waals surface area contributed by atoms with E-state index in [4.69, 9.17) is 9.05 Å². The molecule has 1 amide bonds. The van der Waals surface area contributed by atoms with Crippen LogP contribution in [0.1, 0.15) is 27.4 Å². The summed E-state index contributed by atoms with van der Waals surface area (Å²) in [5, 5.41) is 10.6. The van der Waals surface area contributed by atoms with E-state index in [2.05, 4.69) is 15.6 Å². The number of benzene rings is 1. The third kappa shape index (κ3) is 2.63. The number of aryl methyl sites for hydroxylation is 3. The number of aromatic nitrogens is 2. The van der Waals surface area contributed by atoms with Crippen LogP contribution in [0.15, 0.2) is 39.4 Å². The molecule has 0 saturated heterocycles. The number of hydrogen-bond donors (Lipinski definition) is 1. The molecule has 112 valence electrons. The van der Waals surface area contributed by atoms with Crippen LogP contribution in [-0.4, -0.2) is 16.2 Å². The predicted molar refractivity (Wildman–Crippen MR) is 80.6 cm³/mol. The molecule has 0 aliphatic rings. The Kier molecular flexibility index (Phi) is 3.50. The molecule has 0 aliphatic heterocycles. The van der Waals surface area contributed by atoms with Crippen LogP contribution in [0.4, 0.5) is 5.69 Å². The summed E-state index contributed by atoms with van der Waals surface area (Å²) < 4.78 is 10.3. The minimum Gasteiger partial charge on any atom is -0.361 e. The number of nitrogens with one attached hydrogen (secondary N) is 1. The highest BCUT2D eigenvalue weighted by atomic mass is 16.5. The van der Waals surface area contributed by atoms with Crippen molar-refractivity contribution in [3.8, 4) is 11.5 Å². The third-order valence-electron chi connectivity index (χ3n) is 3.26. The molecule has 22 heavy (non-hydrogen) atoms. The molecular formula is C16H15N3O3. The summed E-state index contributed by atoms with van der Waals surface area (Å²) in [6, 6.07) is 9.24. The van der Waals surface area contributed by atoms with Gasteiger partial charge in [0.2, 0.25) is 5.76 Å². The highest BCUT2D eigenvalue weighted by Gasteiger charge is 2.24. The van der Waals surface area contributed by atoms with E-state index in [-0.39, 0.29) is 5.91 Å². The van der Waals surface area contributed by atoms with Gasteiger partial charge in [-0.05, 0) is 32.9 Å². The van der Waals surface area contributed by atoms with Gasteiger partial charge >= 0.3 is 0 Å². The highest BCUT2D eigenvalue weighted by molar-refractivity contribution is 6.08. The van der Waals surface area contributed by atoms with Gasteiger partial charge in [-0.2, -0.15) is 0 Å². The fourth-order valence-electron chi connectivity index (χ4n) is 2.12. The first kappa shape index (κ1) is 14.1. The van der Waals surface area contributed by atoms with Crippen LogP contribution in [0, 0.1) is 20.8 Å². The Morgan fingerprint density at radius 1 is 1.05 bits per heavy atom. The molecule has 0 spiro atoms. The van der Waals surface area contributed by atoms with Crippen molar-refractivity contribution in [2.75, 3.05) is 5.32 Å². The van der Waals surface area contributed by atoms with Crippen molar-refractivity contribution in [3.05, 3.63) is 52.9 Å². The lowest BCUT2D eigenvalue weighted by molar-refractivity contribution is 0.102. The van der Waals surface area contributed by atoms with Gasteiger partial charge in [-0.25, -0.2) is 0 Å². The van der Waals surface area contributed by atoms with Gasteiger partial charge < -0.3 is 14.4 Å². The van der Waals surface area contributed by atoms with E-state index < -0.39 is 0 Å². The number of carbonyl (C=O) groups excluding carboxylic acids is 1. The maximum Gasteiger partial charge on any atom is 0.261 e. The molecule has 6 heteroatoms. The normalized spacial score (nSPS) is 10.7. The maximum atomic E-state index is 12.5. The Bertz CT molecular complexity index is 816. The molecule has 0 atom stereocenters. The molecule has 2 heterocycles. The molecule has 0 radical (unpaired) electrons. The second kappa shape index (κ2) is 5.48. The van der Waals surface area contributed by atoms with E-state index in [1.54, 1.807) is 19.9 Å². The Balaban J connectivity index is 1.92. The van der Waals surface area contributed by atoms with Gasteiger partial charge in [-0.3, -0.25) is 4.79 Å². The van der Waals surface area contributed by atoms with Gasteiger partial charge in [0, 0.05) is 11.8 Å². The smallest absolute Gasteiger partial charge is 0.261 e. The molecule has 0 unspecified atom stereocenters. The quantitative estimate of drug-likeness (QED) is 0.800. The average Bonchev–Trinajstić information content (AvgIpc) is 3.07. The predicted octanol–water partition coefficient (Wildman–Crippen LogP) is 3.51. The number of carbonyl (C=O) groups is 1. The zero-order valence-corrected chi connectivity index (χ0v) is 12.5. The summed E-state index contributed by atoms with van der Waals surface area (Å²) in [4.78, 5) is 12.5. The van der Waals surface area contributed by atoms with E-state index in [1.807, 2.05) is 31.2 Å². The van der Waals surface area contributed by atoms with Crippen molar-refractivity contribution in [1.29, 1.82) is 0 Å². The fraction of sp³-hybridized carbons (Fsp3) is 0.188. The highest BCUT2D eigenvalue weighted by Crippen LogP contribution is 2.26. The molecule has 0 saturated carbocycles. The van der Waals surface area contributed by atoms with Crippen molar-refractivity contribution < 1.29 is 13.8 Å². The van der Waals surface area contributed by atoms with Gasteiger partial charge in [0.1, 0.15) is 11.3 Å². The Morgan fingerprint density at radius 3 is 2.41 bits per heavy atom. The number of nitrogens with zero attached hydrogens (tertiary/aromatic N) is 2. The van der Waals surface area contributed by atoms with Gasteiger partial charge in [-0.1, -0.05) is 28.0 Å². The Hall–Kier alpha value is -2.89. The molecule has 1 N–H and O–H groups in total. The molecule has 0 aliphatic carbocycles. The summed E-state index contributed by atoms with van der Waals surface area (Å²) in [7, 11) is 0. The molecule has 2 aromatic heterocycles. The van der Waals surface area contributed by atoms with Crippen molar-refractivity contribution in [1.82, 2.24) is 10.3 Å². The van der Waals surface area contributed by atoms with E-state index in [0.717, 1.165) is 5.56 Å². The summed E-state index contributed by atoms with van der Waals surface area (Å²) in [5.41, 5.74) is 3.14. The molecule has 1 aromatic carbocycles. The lowest BCUT2D eigenvalue weighted by atomic mass is 10.1. The first-order chi connectivity index (χ1) is 10.5. The standard InChI is InChI=1S/C16H15N3O3/c1-9-4-6-12(7-5-9)17-16(20)14-11(3)18-22-15(14)13-8-10(2)21-19-13/h4-8H,1-3H3,(H,17,20). The lowest BCUT2D eigenvalue weighted by Gasteiger charge is -2.05. The zero-order valence-electron chi connectivity index (χ0n) is 12.5. The van der Waals surface area contributed by atoms with Crippen LogP contribution in [-0.2, 0) is 0 Å². The first-order valence-electron chi connectivity index (χ1n) is 6.82. The average molecular weight is 297 g/mol. The number of hydrogen-bond acceptors (Lipinski definition) is 5. The van der Waals surface area contributed by atoms with Gasteiger partial charge in [0.15, 0.2) is 5.69 Å². The summed E-state index contributed by atoms with van der Waals surface area (Å²) in [5.74, 6) is 0.645. The zero-order chi connectivity index (χ0) is 15.7.